The van der Waals surface area contributed by atoms with E-state index in [4.69, 9.17) is 10.2 Å². The van der Waals surface area contributed by atoms with Crippen molar-refractivity contribution in [1.29, 1.82) is 0 Å². The van der Waals surface area contributed by atoms with Gasteiger partial charge in [-0.3, -0.25) is 0 Å². The molecule has 0 aromatic heterocycles. The molecule has 0 unspecified atom stereocenters. The van der Waals surface area contributed by atoms with E-state index in [0.29, 0.717) is 13.0 Å². The fourth-order valence-electron chi connectivity index (χ4n) is 1.87. The van der Waals surface area contributed by atoms with Gasteiger partial charge < -0.3 is 15.5 Å². The van der Waals surface area contributed by atoms with Gasteiger partial charge in [0.25, 0.3) is 0 Å². The molecule has 22 heavy (non-hydrogen) atoms. The van der Waals surface area contributed by atoms with Crippen LogP contribution in [-0.2, 0) is 10.0 Å². The van der Waals surface area contributed by atoms with Crippen molar-refractivity contribution in [3.05, 3.63) is 23.8 Å². The molecule has 0 radical (unpaired) electrons. The second kappa shape index (κ2) is 8.72. The van der Waals surface area contributed by atoms with Gasteiger partial charge in [-0.05, 0) is 24.6 Å². The van der Waals surface area contributed by atoms with Gasteiger partial charge in [-0.1, -0.05) is 19.8 Å². The number of aliphatic hydroxyl groups is 1. The average molecular weight is 330 g/mol. The van der Waals surface area contributed by atoms with Crippen LogP contribution in [0.5, 0.6) is 0 Å². The number of benzene rings is 1. The Balaban J connectivity index is 3.05. The number of sulfonamides is 1. The predicted octanol–water partition coefficient (Wildman–Crippen LogP) is 1.26. The van der Waals surface area contributed by atoms with Crippen LogP contribution in [0, 0.1) is 0 Å². The SMILES string of the molecule is CCCCCNS(=O)(=O)c1cc(C(=O)O)ccc1NCCO. The third-order valence-corrected chi connectivity index (χ3v) is 4.52. The van der Waals surface area contributed by atoms with E-state index in [0.717, 1.165) is 18.9 Å². The van der Waals surface area contributed by atoms with Gasteiger partial charge in [0.2, 0.25) is 10.0 Å². The van der Waals surface area contributed by atoms with Crippen molar-refractivity contribution < 1.29 is 23.4 Å². The highest BCUT2D eigenvalue weighted by Crippen LogP contribution is 2.23. The normalized spacial score (nSPS) is 11.4. The smallest absolute Gasteiger partial charge is 0.335 e. The molecule has 0 saturated heterocycles. The van der Waals surface area contributed by atoms with Crippen LogP contribution >= 0.6 is 0 Å². The molecule has 0 bridgehead atoms. The summed E-state index contributed by atoms with van der Waals surface area (Å²) in [6.45, 7) is 2.32. The van der Waals surface area contributed by atoms with E-state index in [2.05, 4.69) is 10.0 Å². The van der Waals surface area contributed by atoms with Crippen LogP contribution in [0.15, 0.2) is 23.1 Å². The van der Waals surface area contributed by atoms with Crippen LogP contribution in [0.4, 0.5) is 5.69 Å². The standard InChI is InChI=1S/C14H22N2O5S/c1-2-3-4-7-16-22(20,21)13-10-11(14(18)19)5-6-12(13)15-8-9-17/h5-6,10,15-17H,2-4,7-9H2,1H3,(H,18,19). The number of unbranched alkanes of at least 4 members (excludes halogenated alkanes) is 2. The van der Waals surface area contributed by atoms with Gasteiger partial charge in [-0.2, -0.15) is 0 Å². The van der Waals surface area contributed by atoms with Crippen molar-refractivity contribution in [1.82, 2.24) is 4.72 Å². The predicted molar refractivity (Wildman–Crippen MR) is 83.7 cm³/mol. The van der Waals surface area contributed by atoms with Gasteiger partial charge in [0.1, 0.15) is 4.90 Å². The second-order valence-electron chi connectivity index (χ2n) is 4.77. The van der Waals surface area contributed by atoms with Crippen molar-refractivity contribution in [3.63, 3.8) is 0 Å². The van der Waals surface area contributed by atoms with E-state index >= 15 is 0 Å². The Bertz CT molecular complexity index is 601. The zero-order chi connectivity index (χ0) is 16.6. The first-order valence-corrected chi connectivity index (χ1v) is 8.62. The first kappa shape index (κ1) is 18.4. The number of carboxylic acid groups (broad SMARTS) is 1. The molecule has 1 aromatic rings. The molecule has 0 heterocycles. The maximum absolute atomic E-state index is 12.3. The number of carboxylic acids is 1. The molecular formula is C14H22N2O5S. The quantitative estimate of drug-likeness (QED) is 0.480. The fraction of sp³-hybridized carbons (Fsp3) is 0.500. The summed E-state index contributed by atoms with van der Waals surface area (Å²) in [5, 5.41) is 20.6. The number of hydrogen-bond donors (Lipinski definition) is 4. The number of nitrogens with one attached hydrogen (secondary N) is 2. The Morgan fingerprint density at radius 3 is 2.55 bits per heavy atom. The van der Waals surface area contributed by atoms with E-state index in [9.17, 15) is 13.2 Å². The lowest BCUT2D eigenvalue weighted by Gasteiger charge is -2.13. The van der Waals surface area contributed by atoms with Crippen molar-refractivity contribution in [2.75, 3.05) is 25.0 Å². The molecule has 4 N–H and O–H groups in total. The molecule has 1 aromatic carbocycles. The summed E-state index contributed by atoms with van der Waals surface area (Å²) in [5.74, 6) is -1.20. The Morgan fingerprint density at radius 2 is 1.95 bits per heavy atom. The molecule has 0 aliphatic rings. The van der Waals surface area contributed by atoms with Crippen molar-refractivity contribution >= 4 is 21.7 Å². The zero-order valence-corrected chi connectivity index (χ0v) is 13.3. The fourth-order valence-corrected chi connectivity index (χ4v) is 3.15. The molecular weight excluding hydrogens is 308 g/mol. The average Bonchev–Trinajstić information content (AvgIpc) is 2.49. The summed E-state index contributed by atoms with van der Waals surface area (Å²) in [5.41, 5.74) is 0.158. The molecule has 1 rings (SSSR count). The molecule has 0 aliphatic heterocycles. The highest BCUT2D eigenvalue weighted by molar-refractivity contribution is 7.89. The molecule has 7 nitrogen and oxygen atoms in total. The topological polar surface area (TPSA) is 116 Å². The van der Waals surface area contributed by atoms with Gasteiger partial charge >= 0.3 is 5.97 Å². The summed E-state index contributed by atoms with van der Waals surface area (Å²) in [7, 11) is -3.82. The lowest BCUT2D eigenvalue weighted by atomic mass is 10.2. The first-order chi connectivity index (χ1) is 10.4. The van der Waals surface area contributed by atoms with E-state index in [1.54, 1.807) is 0 Å². The summed E-state index contributed by atoms with van der Waals surface area (Å²) < 4.78 is 27.2. The maximum Gasteiger partial charge on any atom is 0.335 e. The second-order valence-corrected chi connectivity index (χ2v) is 6.51. The molecule has 0 spiro atoms. The summed E-state index contributed by atoms with van der Waals surface area (Å²) in [6.07, 6.45) is 2.60. The minimum absolute atomic E-state index is 0.108. The van der Waals surface area contributed by atoms with Crippen LogP contribution in [0.1, 0.15) is 36.5 Å². The van der Waals surface area contributed by atoms with Gasteiger partial charge in [0.15, 0.2) is 0 Å². The van der Waals surface area contributed by atoms with Crippen LogP contribution in [0.3, 0.4) is 0 Å². The summed E-state index contributed by atoms with van der Waals surface area (Å²) >= 11 is 0. The summed E-state index contributed by atoms with van der Waals surface area (Å²) in [4.78, 5) is 10.9. The van der Waals surface area contributed by atoms with E-state index in [1.807, 2.05) is 6.92 Å². The first-order valence-electron chi connectivity index (χ1n) is 7.14. The van der Waals surface area contributed by atoms with Gasteiger partial charge in [-0.15, -0.1) is 0 Å². The van der Waals surface area contributed by atoms with Gasteiger partial charge in [-0.25, -0.2) is 17.9 Å². The van der Waals surface area contributed by atoms with Crippen LogP contribution in [0.25, 0.3) is 0 Å². The van der Waals surface area contributed by atoms with Crippen molar-refractivity contribution in [2.24, 2.45) is 0 Å². The number of hydrogen-bond acceptors (Lipinski definition) is 5. The number of carbonyl (C=O) groups is 1. The van der Waals surface area contributed by atoms with Gasteiger partial charge in [0.05, 0.1) is 17.9 Å². The highest BCUT2D eigenvalue weighted by Gasteiger charge is 2.20. The number of aromatic carboxylic acids is 1. The lowest BCUT2D eigenvalue weighted by Crippen LogP contribution is -2.26. The number of rotatable bonds is 10. The third kappa shape index (κ3) is 5.28. The van der Waals surface area contributed by atoms with Crippen LogP contribution in [0.2, 0.25) is 0 Å². The zero-order valence-electron chi connectivity index (χ0n) is 12.5. The van der Waals surface area contributed by atoms with Crippen LogP contribution in [-0.4, -0.2) is 44.3 Å². The molecule has 0 amide bonds. The van der Waals surface area contributed by atoms with Crippen LogP contribution < -0.4 is 10.0 Å². The molecule has 124 valence electrons. The lowest BCUT2D eigenvalue weighted by molar-refractivity contribution is 0.0696. The van der Waals surface area contributed by atoms with E-state index in [1.165, 1.54) is 12.1 Å². The van der Waals surface area contributed by atoms with Crippen molar-refractivity contribution in [2.45, 2.75) is 31.1 Å². The van der Waals surface area contributed by atoms with Crippen molar-refractivity contribution in [3.8, 4) is 0 Å². The number of aliphatic hydroxyl groups excluding tert-OH is 1. The Labute approximate surface area is 130 Å². The molecule has 0 aliphatic carbocycles. The molecule has 0 atom stereocenters. The Morgan fingerprint density at radius 1 is 1.23 bits per heavy atom. The maximum atomic E-state index is 12.3. The largest absolute Gasteiger partial charge is 0.478 e. The van der Waals surface area contributed by atoms with E-state index < -0.39 is 16.0 Å². The Kier molecular flexibility index (Phi) is 7.30. The molecule has 8 heteroatoms. The van der Waals surface area contributed by atoms with Gasteiger partial charge in [0, 0.05) is 13.1 Å². The van der Waals surface area contributed by atoms with E-state index in [-0.39, 0.29) is 29.3 Å². The molecule has 0 saturated carbocycles. The monoisotopic (exact) mass is 330 g/mol. The minimum Gasteiger partial charge on any atom is -0.478 e. The third-order valence-electron chi connectivity index (χ3n) is 3.02. The number of anilines is 1. The Hall–Kier alpha value is -1.64. The molecule has 0 fully saturated rings. The minimum atomic E-state index is -3.82. The summed E-state index contributed by atoms with van der Waals surface area (Å²) in [6, 6.07) is 3.82. The highest BCUT2D eigenvalue weighted by atomic mass is 32.2.